The lowest BCUT2D eigenvalue weighted by molar-refractivity contribution is -0.383. The molecular weight excluding hydrogens is 376 g/mol. The quantitative estimate of drug-likeness (QED) is 0.469. The van der Waals surface area contributed by atoms with E-state index in [4.69, 9.17) is 0 Å². The molecule has 0 radical (unpaired) electrons. The van der Waals surface area contributed by atoms with Crippen molar-refractivity contribution < 1.29 is 13.3 Å². The van der Waals surface area contributed by atoms with Gasteiger partial charge in [-0.25, -0.2) is 8.42 Å². The lowest BCUT2D eigenvalue weighted by atomic mass is 9.89. The molecule has 0 bridgehead atoms. The Hall–Kier alpha value is -2.41. The molecule has 0 aromatic heterocycles. The molecule has 2 aromatic carbocycles. The van der Waals surface area contributed by atoms with Crippen LogP contribution < -0.4 is 4.72 Å². The summed E-state index contributed by atoms with van der Waals surface area (Å²) in [6.45, 7) is 12.0. The predicted octanol–water partition coefficient (Wildman–Crippen LogP) is 5.77. The van der Waals surface area contributed by atoms with Gasteiger partial charge in [-0.15, -0.1) is 0 Å². The van der Waals surface area contributed by atoms with Gasteiger partial charge in [-0.3, -0.25) is 14.8 Å². The number of nitro benzene ring substituents is 1. The van der Waals surface area contributed by atoms with Crippen LogP contribution in [0.1, 0.15) is 76.0 Å². The molecule has 0 fully saturated rings. The summed E-state index contributed by atoms with van der Waals surface area (Å²) in [6, 6.07) is 9.64. The Morgan fingerprint density at radius 2 is 1.39 bits per heavy atom. The number of nitrogens with one attached hydrogen (secondary N) is 1. The van der Waals surface area contributed by atoms with Crippen molar-refractivity contribution in [1.29, 1.82) is 0 Å². The van der Waals surface area contributed by atoms with Crippen molar-refractivity contribution in [2.24, 2.45) is 0 Å². The van der Waals surface area contributed by atoms with Crippen molar-refractivity contribution in [3.63, 3.8) is 0 Å². The van der Waals surface area contributed by atoms with Crippen molar-refractivity contribution in [2.75, 3.05) is 4.72 Å². The van der Waals surface area contributed by atoms with Crippen molar-refractivity contribution in [3.05, 3.63) is 63.2 Å². The van der Waals surface area contributed by atoms with E-state index in [0.717, 1.165) is 16.7 Å². The molecule has 7 heteroatoms. The maximum atomic E-state index is 13.4. The van der Waals surface area contributed by atoms with Crippen LogP contribution in [0.5, 0.6) is 0 Å². The molecule has 0 spiro atoms. The highest BCUT2D eigenvalue weighted by atomic mass is 32.2. The van der Waals surface area contributed by atoms with Gasteiger partial charge in [-0.1, -0.05) is 65.8 Å². The molecular formula is C21H28N2O4S. The van der Waals surface area contributed by atoms with Crippen LogP contribution in [0.4, 0.5) is 11.4 Å². The van der Waals surface area contributed by atoms with Crippen LogP contribution in [-0.2, 0) is 10.0 Å². The van der Waals surface area contributed by atoms with E-state index < -0.39 is 14.9 Å². The molecule has 1 N–H and O–H groups in total. The molecule has 0 aliphatic rings. The molecule has 0 heterocycles. The highest BCUT2D eigenvalue weighted by Gasteiger charge is 2.28. The highest BCUT2D eigenvalue weighted by Crippen LogP contribution is 2.36. The largest absolute Gasteiger partial charge is 0.293 e. The highest BCUT2D eigenvalue weighted by molar-refractivity contribution is 7.92. The summed E-state index contributed by atoms with van der Waals surface area (Å²) in [5.74, 6) is 0.219. The molecule has 0 saturated heterocycles. The molecule has 0 amide bonds. The second-order valence-corrected chi connectivity index (χ2v) is 9.49. The Morgan fingerprint density at radius 1 is 0.893 bits per heavy atom. The summed E-state index contributed by atoms with van der Waals surface area (Å²) in [7, 11) is -4.02. The van der Waals surface area contributed by atoms with Crippen molar-refractivity contribution in [2.45, 2.75) is 64.2 Å². The van der Waals surface area contributed by atoms with E-state index in [9.17, 15) is 18.5 Å². The molecule has 2 aromatic rings. The predicted molar refractivity (Wildman–Crippen MR) is 113 cm³/mol. The number of hydrogen-bond donors (Lipinski definition) is 1. The van der Waals surface area contributed by atoms with Crippen molar-refractivity contribution >= 4 is 21.4 Å². The zero-order chi connectivity index (χ0) is 21.2. The number of nitrogens with zero attached hydrogens (tertiary/aromatic N) is 1. The molecule has 6 nitrogen and oxygen atoms in total. The fourth-order valence-electron chi connectivity index (χ4n) is 3.11. The van der Waals surface area contributed by atoms with Gasteiger partial charge in [-0.05, 0) is 40.5 Å². The van der Waals surface area contributed by atoms with Crippen molar-refractivity contribution in [1.82, 2.24) is 0 Å². The molecule has 28 heavy (non-hydrogen) atoms. The third-order valence-corrected chi connectivity index (χ3v) is 6.19. The van der Waals surface area contributed by atoms with Crippen LogP contribution in [0, 0.1) is 10.1 Å². The average Bonchev–Trinajstić information content (AvgIpc) is 2.60. The third-order valence-electron chi connectivity index (χ3n) is 4.69. The van der Waals surface area contributed by atoms with E-state index >= 15 is 0 Å². The number of nitro groups is 1. The van der Waals surface area contributed by atoms with Gasteiger partial charge >= 0.3 is 0 Å². The normalized spacial score (nSPS) is 12.0. The number of sulfonamides is 1. The molecule has 2 rings (SSSR count). The van der Waals surface area contributed by atoms with Gasteiger partial charge in [0.15, 0.2) is 0 Å². The summed E-state index contributed by atoms with van der Waals surface area (Å²) < 4.78 is 29.2. The summed E-state index contributed by atoms with van der Waals surface area (Å²) in [4.78, 5) is 10.9. The van der Waals surface area contributed by atoms with Gasteiger partial charge in [0.25, 0.3) is 15.7 Å². The monoisotopic (exact) mass is 404 g/mol. The van der Waals surface area contributed by atoms with Crippen LogP contribution >= 0.6 is 0 Å². The summed E-state index contributed by atoms with van der Waals surface area (Å²) in [6.07, 6.45) is 0. The Balaban J connectivity index is 2.73. The number of anilines is 1. The van der Waals surface area contributed by atoms with Gasteiger partial charge in [0.2, 0.25) is 0 Å². The van der Waals surface area contributed by atoms with Gasteiger partial charge in [-0.2, -0.15) is 0 Å². The third kappa shape index (κ3) is 4.52. The van der Waals surface area contributed by atoms with Crippen LogP contribution in [-0.4, -0.2) is 13.3 Å². The minimum atomic E-state index is -4.02. The fraction of sp³-hybridized carbons (Fsp3) is 0.429. The van der Waals surface area contributed by atoms with Crippen LogP contribution in [0.3, 0.4) is 0 Å². The first-order valence-corrected chi connectivity index (χ1v) is 10.9. The first-order valence-electron chi connectivity index (χ1n) is 9.39. The van der Waals surface area contributed by atoms with Gasteiger partial charge in [0, 0.05) is 6.07 Å². The van der Waals surface area contributed by atoms with Crippen molar-refractivity contribution in [3.8, 4) is 0 Å². The summed E-state index contributed by atoms with van der Waals surface area (Å²) in [5, 5.41) is 11.3. The van der Waals surface area contributed by atoms with Gasteiger partial charge in [0.05, 0.1) is 9.82 Å². The Labute approximate surface area is 167 Å². The van der Waals surface area contributed by atoms with Gasteiger partial charge in [0.1, 0.15) is 5.69 Å². The van der Waals surface area contributed by atoms with E-state index in [-0.39, 0.29) is 34.0 Å². The van der Waals surface area contributed by atoms with E-state index in [1.807, 2.05) is 39.8 Å². The molecule has 0 unspecified atom stereocenters. The van der Waals surface area contributed by atoms with E-state index in [0.29, 0.717) is 0 Å². The maximum absolute atomic E-state index is 13.4. The smallest absolute Gasteiger partial charge is 0.273 e. The van der Waals surface area contributed by atoms with E-state index in [1.165, 1.54) is 18.2 Å². The molecule has 152 valence electrons. The van der Waals surface area contributed by atoms with Gasteiger partial charge < -0.3 is 0 Å². The average molecular weight is 405 g/mol. The van der Waals surface area contributed by atoms with Crippen LogP contribution in [0.2, 0.25) is 0 Å². The number of hydrogen-bond acceptors (Lipinski definition) is 4. The lowest BCUT2D eigenvalue weighted by Crippen LogP contribution is -2.19. The second-order valence-electron chi connectivity index (χ2n) is 7.87. The fourth-order valence-corrected chi connectivity index (χ4v) is 4.89. The lowest BCUT2D eigenvalue weighted by Gasteiger charge is -2.23. The van der Waals surface area contributed by atoms with E-state index in [2.05, 4.69) is 18.6 Å². The standard InChI is InChI=1S/C21H28N2O4S/c1-13(2)16-11-17(14(3)4)21(18(12-16)15(5)6)28(26,27)22-19-9-7-8-10-20(19)23(24)25/h7-15,22H,1-6H3. The number of benzene rings is 2. The number of rotatable bonds is 7. The first kappa shape index (κ1) is 21.9. The van der Waals surface area contributed by atoms with Crippen LogP contribution in [0.25, 0.3) is 0 Å². The molecule has 0 aliphatic heterocycles. The summed E-state index contributed by atoms with van der Waals surface area (Å²) in [5.41, 5.74) is 2.21. The zero-order valence-corrected chi connectivity index (χ0v) is 18.0. The SMILES string of the molecule is CC(C)c1cc(C(C)C)c(S(=O)(=O)Nc2ccccc2[N+](=O)[O-])c(C(C)C)c1. The molecule has 0 aliphatic carbocycles. The first-order chi connectivity index (χ1) is 13.0. The van der Waals surface area contributed by atoms with Crippen LogP contribution in [0.15, 0.2) is 41.3 Å². The Bertz CT molecular complexity index is 951. The topological polar surface area (TPSA) is 89.3 Å². The summed E-state index contributed by atoms with van der Waals surface area (Å²) >= 11 is 0. The Kier molecular flexibility index (Phi) is 6.49. The maximum Gasteiger partial charge on any atom is 0.293 e. The Morgan fingerprint density at radius 3 is 1.82 bits per heavy atom. The minimum absolute atomic E-state index is 0.0199. The molecule has 0 saturated carbocycles. The minimum Gasteiger partial charge on any atom is -0.273 e. The zero-order valence-electron chi connectivity index (χ0n) is 17.2. The second kappa shape index (κ2) is 8.31. The number of para-hydroxylation sites is 2. The van der Waals surface area contributed by atoms with E-state index in [1.54, 1.807) is 6.07 Å². The molecule has 0 atom stereocenters.